The average molecular weight is 225 g/mol. The fourth-order valence-electron chi connectivity index (χ4n) is 1.41. The Kier molecular flexibility index (Phi) is 5.56. The second-order valence-electron chi connectivity index (χ2n) is 3.50. The van der Waals surface area contributed by atoms with Crippen molar-refractivity contribution in [2.75, 3.05) is 19.7 Å². The van der Waals surface area contributed by atoms with E-state index in [2.05, 4.69) is 10.4 Å². The third-order valence-electron chi connectivity index (χ3n) is 2.29. The Morgan fingerprint density at radius 2 is 2.38 bits per heavy atom. The standard InChI is InChI=1S/C11H19N3O2/c1-3-16-11(15)6-8-12-7-4-10-5-9-13-14(10)2/h5,9,12H,3-4,6-8H2,1-2H3. The zero-order valence-electron chi connectivity index (χ0n) is 9.90. The largest absolute Gasteiger partial charge is 0.466 e. The minimum Gasteiger partial charge on any atom is -0.466 e. The van der Waals surface area contributed by atoms with Gasteiger partial charge in [0.05, 0.1) is 13.0 Å². The SMILES string of the molecule is CCOC(=O)CCNCCc1ccnn1C. The average Bonchev–Trinajstić information content (AvgIpc) is 2.64. The summed E-state index contributed by atoms with van der Waals surface area (Å²) < 4.78 is 6.67. The van der Waals surface area contributed by atoms with Crippen LogP contribution >= 0.6 is 0 Å². The smallest absolute Gasteiger partial charge is 0.307 e. The van der Waals surface area contributed by atoms with Crippen molar-refractivity contribution in [3.8, 4) is 0 Å². The summed E-state index contributed by atoms with van der Waals surface area (Å²) in [5.41, 5.74) is 1.18. The van der Waals surface area contributed by atoms with Gasteiger partial charge in [-0.05, 0) is 13.0 Å². The van der Waals surface area contributed by atoms with E-state index in [1.54, 1.807) is 6.20 Å². The Morgan fingerprint density at radius 3 is 3.00 bits per heavy atom. The predicted molar refractivity (Wildman–Crippen MR) is 61.0 cm³/mol. The zero-order valence-corrected chi connectivity index (χ0v) is 9.90. The molecule has 0 atom stereocenters. The first kappa shape index (κ1) is 12.7. The lowest BCUT2D eigenvalue weighted by molar-refractivity contribution is -0.142. The van der Waals surface area contributed by atoms with E-state index >= 15 is 0 Å². The molecule has 0 amide bonds. The number of carbonyl (C=O) groups is 1. The highest BCUT2D eigenvalue weighted by Crippen LogP contribution is 1.95. The van der Waals surface area contributed by atoms with E-state index in [9.17, 15) is 4.79 Å². The van der Waals surface area contributed by atoms with Gasteiger partial charge in [-0.3, -0.25) is 9.48 Å². The van der Waals surface area contributed by atoms with E-state index in [4.69, 9.17) is 4.74 Å². The van der Waals surface area contributed by atoms with E-state index in [0.717, 1.165) is 13.0 Å². The highest BCUT2D eigenvalue weighted by atomic mass is 16.5. The molecule has 0 unspecified atom stereocenters. The number of nitrogens with one attached hydrogen (secondary N) is 1. The Hall–Kier alpha value is -1.36. The Balaban J connectivity index is 2.04. The summed E-state index contributed by atoms with van der Waals surface area (Å²) in [7, 11) is 1.92. The number of ether oxygens (including phenoxy) is 1. The second kappa shape index (κ2) is 7.00. The third-order valence-corrected chi connectivity index (χ3v) is 2.29. The fraction of sp³-hybridized carbons (Fsp3) is 0.636. The number of carbonyl (C=O) groups excluding carboxylic acids is 1. The number of rotatable bonds is 7. The summed E-state index contributed by atoms with van der Waals surface area (Å²) in [5, 5.41) is 7.28. The van der Waals surface area contributed by atoms with Crippen molar-refractivity contribution in [1.82, 2.24) is 15.1 Å². The molecule has 0 saturated heterocycles. The van der Waals surface area contributed by atoms with Gasteiger partial charge in [-0.1, -0.05) is 0 Å². The number of esters is 1. The fourth-order valence-corrected chi connectivity index (χ4v) is 1.41. The number of hydrogen-bond acceptors (Lipinski definition) is 4. The molecule has 0 aliphatic carbocycles. The maximum atomic E-state index is 11.0. The minimum atomic E-state index is -0.143. The molecule has 90 valence electrons. The lowest BCUT2D eigenvalue weighted by Crippen LogP contribution is -2.22. The molecule has 0 radical (unpaired) electrons. The summed E-state index contributed by atoms with van der Waals surface area (Å²) in [6, 6.07) is 1.99. The van der Waals surface area contributed by atoms with Gasteiger partial charge in [0.1, 0.15) is 0 Å². The Morgan fingerprint density at radius 1 is 1.56 bits per heavy atom. The molecule has 0 aromatic carbocycles. The normalized spacial score (nSPS) is 10.4. The van der Waals surface area contributed by atoms with Gasteiger partial charge in [-0.2, -0.15) is 5.10 Å². The molecule has 1 aromatic heterocycles. The van der Waals surface area contributed by atoms with Crippen LogP contribution in [0.3, 0.4) is 0 Å². The van der Waals surface area contributed by atoms with Gasteiger partial charge in [0.15, 0.2) is 0 Å². The summed E-state index contributed by atoms with van der Waals surface area (Å²) in [4.78, 5) is 11.0. The lowest BCUT2D eigenvalue weighted by atomic mass is 10.3. The van der Waals surface area contributed by atoms with Gasteiger partial charge < -0.3 is 10.1 Å². The quantitative estimate of drug-likeness (QED) is 0.542. The molecule has 0 spiro atoms. The maximum absolute atomic E-state index is 11.0. The van der Waals surface area contributed by atoms with Crippen molar-refractivity contribution in [2.24, 2.45) is 7.05 Å². The van der Waals surface area contributed by atoms with E-state index in [0.29, 0.717) is 19.6 Å². The van der Waals surface area contributed by atoms with E-state index in [1.165, 1.54) is 5.69 Å². The highest BCUT2D eigenvalue weighted by Gasteiger charge is 2.01. The van der Waals surface area contributed by atoms with E-state index in [1.807, 2.05) is 24.7 Å². The molecule has 1 heterocycles. The van der Waals surface area contributed by atoms with Crippen LogP contribution in [0, 0.1) is 0 Å². The molecule has 1 aromatic rings. The van der Waals surface area contributed by atoms with Crippen LogP contribution in [0.15, 0.2) is 12.3 Å². The molecule has 0 aliphatic rings. The second-order valence-corrected chi connectivity index (χ2v) is 3.50. The van der Waals surface area contributed by atoms with Gasteiger partial charge in [-0.15, -0.1) is 0 Å². The Bertz CT molecular complexity index is 323. The van der Waals surface area contributed by atoms with Crippen LogP contribution < -0.4 is 5.32 Å². The van der Waals surface area contributed by atoms with E-state index < -0.39 is 0 Å². The first-order valence-electron chi connectivity index (χ1n) is 5.57. The van der Waals surface area contributed by atoms with Crippen molar-refractivity contribution in [2.45, 2.75) is 19.8 Å². The first-order valence-corrected chi connectivity index (χ1v) is 5.57. The van der Waals surface area contributed by atoms with Crippen molar-refractivity contribution in [1.29, 1.82) is 0 Å². The third kappa shape index (κ3) is 4.44. The Labute approximate surface area is 95.8 Å². The van der Waals surface area contributed by atoms with Crippen molar-refractivity contribution in [3.05, 3.63) is 18.0 Å². The van der Waals surface area contributed by atoms with Gasteiger partial charge in [0, 0.05) is 38.4 Å². The number of aryl methyl sites for hydroxylation is 1. The van der Waals surface area contributed by atoms with Crippen LogP contribution in [0.5, 0.6) is 0 Å². The van der Waals surface area contributed by atoms with Crippen molar-refractivity contribution in [3.63, 3.8) is 0 Å². The summed E-state index contributed by atoms with van der Waals surface area (Å²) in [5.74, 6) is -0.143. The van der Waals surface area contributed by atoms with Crippen molar-refractivity contribution < 1.29 is 9.53 Å². The van der Waals surface area contributed by atoms with Crippen LogP contribution in [-0.2, 0) is 23.0 Å². The molecule has 0 saturated carbocycles. The molecule has 0 bridgehead atoms. The van der Waals surface area contributed by atoms with Crippen LogP contribution in [0.4, 0.5) is 0 Å². The predicted octanol–water partition coefficient (Wildman–Crippen LogP) is 0.505. The topological polar surface area (TPSA) is 56.1 Å². The molecule has 16 heavy (non-hydrogen) atoms. The van der Waals surface area contributed by atoms with E-state index in [-0.39, 0.29) is 5.97 Å². The summed E-state index contributed by atoms with van der Waals surface area (Å²) in [6.07, 6.45) is 3.13. The molecular weight excluding hydrogens is 206 g/mol. The molecule has 0 aliphatic heterocycles. The monoisotopic (exact) mass is 225 g/mol. The number of hydrogen-bond donors (Lipinski definition) is 1. The van der Waals surface area contributed by atoms with Gasteiger partial charge in [-0.25, -0.2) is 0 Å². The van der Waals surface area contributed by atoms with Crippen LogP contribution in [0.2, 0.25) is 0 Å². The molecule has 5 nitrogen and oxygen atoms in total. The maximum Gasteiger partial charge on any atom is 0.307 e. The summed E-state index contributed by atoms with van der Waals surface area (Å²) in [6.45, 7) is 3.78. The first-order chi connectivity index (χ1) is 7.74. The highest BCUT2D eigenvalue weighted by molar-refractivity contribution is 5.69. The summed E-state index contributed by atoms with van der Waals surface area (Å²) >= 11 is 0. The van der Waals surface area contributed by atoms with Crippen molar-refractivity contribution >= 4 is 5.97 Å². The molecule has 0 fully saturated rings. The van der Waals surface area contributed by atoms with Crippen LogP contribution in [0.25, 0.3) is 0 Å². The van der Waals surface area contributed by atoms with Gasteiger partial charge in [0.2, 0.25) is 0 Å². The van der Waals surface area contributed by atoms with Crippen LogP contribution in [0.1, 0.15) is 19.0 Å². The molecule has 1 N–H and O–H groups in total. The lowest BCUT2D eigenvalue weighted by Gasteiger charge is -2.05. The van der Waals surface area contributed by atoms with Gasteiger partial charge >= 0.3 is 5.97 Å². The van der Waals surface area contributed by atoms with Crippen LogP contribution in [-0.4, -0.2) is 35.4 Å². The van der Waals surface area contributed by atoms with Gasteiger partial charge in [0.25, 0.3) is 0 Å². The zero-order chi connectivity index (χ0) is 11.8. The minimum absolute atomic E-state index is 0.143. The molecule has 1 rings (SSSR count). The number of nitrogens with zero attached hydrogens (tertiary/aromatic N) is 2. The molecule has 5 heteroatoms. The molecular formula is C11H19N3O2. The number of aromatic nitrogens is 2.